The fourth-order valence-corrected chi connectivity index (χ4v) is 7.55. The van der Waals surface area contributed by atoms with E-state index in [1.165, 1.54) is 5.56 Å². The molecule has 1 amide bonds. The number of hydrogen-bond acceptors (Lipinski definition) is 5. The number of hydrogen-bond donors (Lipinski definition) is 1. The van der Waals surface area contributed by atoms with Gasteiger partial charge in [0.05, 0.1) is 24.1 Å². The molecule has 6 rings (SSSR count). The lowest BCUT2D eigenvalue weighted by atomic mass is 9.74. The molecule has 3 saturated heterocycles. The normalized spacial score (nSPS) is 22.6. The topological polar surface area (TPSA) is 61.9 Å². The molecule has 6 nitrogen and oxygen atoms in total. The van der Waals surface area contributed by atoms with Gasteiger partial charge in [-0.1, -0.05) is 70.5 Å². The van der Waals surface area contributed by atoms with Crippen LogP contribution in [0.3, 0.4) is 0 Å². The van der Waals surface area contributed by atoms with Gasteiger partial charge in [0.2, 0.25) is 5.91 Å². The molecule has 3 heterocycles. The van der Waals surface area contributed by atoms with Crippen LogP contribution in [0.4, 0.5) is 0 Å². The van der Waals surface area contributed by atoms with Crippen molar-refractivity contribution >= 4 is 40.0 Å². The van der Waals surface area contributed by atoms with Gasteiger partial charge in [-0.15, -0.1) is 12.4 Å². The van der Waals surface area contributed by atoms with Gasteiger partial charge in [-0.2, -0.15) is 0 Å². The Morgan fingerprint density at radius 1 is 0.952 bits per heavy atom. The minimum Gasteiger partial charge on any atom is -0.496 e. The zero-order valence-corrected chi connectivity index (χ0v) is 26.4. The Kier molecular flexibility index (Phi) is 9.73. The third-order valence-corrected chi connectivity index (χ3v) is 10.1. The number of Topliss-reactive ketones (excluding diaryl/α,β-unsaturated/α-hetero) is 1. The number of rotatable bonds is 8. The van der Waals surface area contributed by atoms with Gasteiger partial charge >= 0.3 is 0 Å². The molecule has 0 radical (unpaired) electrons. The molecule has 42 heavy (non-hydrogen) atoms. The average molecular weight is 653 g/mol. The van der Waals surface area contributed by atoms with E-state index in [-0.39, 0.29) is 47.4 Å². The molecule has 3 aliphatic heterocycles. The van der Waals surface area contributed by atoms with Crippen molar-refractivity contribution in [2.45, 2.75) is 37.8 Å². The molecule has 0 bridgehead atoms. The number of ether oxygens (including phenoxy) is 1. The second-order valence-corrected chi connectivity index (χ2v) is 12.7. The van der Waals surface area contributed by atoms with E-state index in [9.17, 15) is 9.59 Å². The van der Waals surface area contributed by atoms with Crippen molar-refractivity contribution in [2.24, 2.45) is 11.3 Å². The number of amides is 1. The second-order valence-electron chi connectivity index (χ2n) is 11.8. The summed E-state index contributed by atoms with van der Waals surface area (Å²) in [6, 6.07) is 26.1. The number of piperidine rings is 1. The molecule has 1 spiro atoms. The van der Waals surface area contributed by atoms with E-state index in [0.717, 1.165) is 62.0 Å². The Labute approximate surface area is 263 Å². The van der Waals surface area contributed by atoms with Crippen molar-refractivity contribution in [2.75, 3.05) is 39.8 Å². The van der Waals surface area contributed by atoms with Crippen LogP contribution >= 0.6 is 28.3 Å². The first kappa shape index (κ1) is 30.7. The van der Waals surface area contributed by atoms with Gasteiger partial charge in [0.1, 0.15) is 5.75 Å². The molecule has 1 unspecified atom stereocenters. The third-order valence-electron chi connectivity index (χ3n) is 9.57. The van der Waals surface area contributed by atoms with E-state index in [0.29, 0.717) is 17.9 Å². The maximum absolute atomic E-state index is 14.4. The summed E-state index contributed by atoms with van der Waals surface area (Å²) in [6.07, 6.45) is 2.46. The highest BCUT2D eigenvalue weighted by atomic mass is 79.9. The number of methoxy groups -OCH3 is 1. The summed E-state index contributed by atoms with van der Waals surface area (Å²) in [5.41, 5.74) is 2.73. The molecule has 0 saturated carbocycles. The number of ketones is 1. The summed E-state index contributed by atoms with van der Waals surface area (Å²) in [4.78, 5) is 32.6. The molecule has 1 N–H and O–H groups in total. The van der Waals surface area contributed by atoms with Gasteiger partial charge in [0.15, 0.2) is 5.78 Å². The Morgan fingerprint density at radius 3 is 2.33 bits per heavy atom. The van der Waals surface area contributed by atoms with Crippen molar-refractivity contribution in [1.82, 2.24) is 15.1 Å². The first-order chi connectivity index (χ1) is 20.0. The lowest BCUT2D eigenvalue weighted by molar-refractivity contribution is -0.139. The standard InChI is InChI=1S/C34H38BrN3O3.ClH/c1-41-30-10-6-5-9-27(30)32(39)31(29-22-36-21-28(29)25-7-3-2-4-8-25)37-18-15-34(16-19-37)17-20-38(33(34)40)23-24-11-13-26(35)14-12-24;/h2-14,28-29,31,36H,15-23H2,1H3;1H/t28-,29-,31?;/m1./s1. The highest BCUT2D eigenvalue weighted by Crippen LogP contribution is 2.44. The molecule has 222 valence electrons. The van der Waals surface area contributed by atoms with Crippen LogP contribution in [0.5, 0.6) is 5.75 Å². The molecule has 3 atom stereocenters. The number of carbonyl (C=O) groups is 2. The largest absolute Gasteiger partial charge is 0.496 e. The summed E-state index contributed by atoms with van der Waals surface area (Å²) >= 11 is 3.50. The highest BCUT2D eigenvalue weighted by Gasteiger charge is 2.51. The van der Waals surface area contributed by atoms with E-state index in [2.05, 4.69) is 62.5 Å². The van der Waals surface area contributed by atoms with E-state index in [1.54, 1.807) is 7.11 Å². The molecular weight excluding hydrogens is 614 g/mol. The van der Waals surface area contributed by atoms with E-state index < -0.39 is 0 Å². The highest BCUT2D eigenvalue weighted by molar-refractivity contribution is 9.10. The Bertz CT molecular complexity index is 1380. The zero-order valence-electron chi connectivity index (χ0n) is 24.0. The zero-order chi connectivity index (χ0) is 28.4. The van der Waals surface area contributed by atoms with Crippen LogP contribution in [0.2, 0.25) is 0 Å². The van der Waals surface area contributed by atoms with E-state index in [1.807, 2.05) is 47.4 Å². The predicted octanol–water partition coefficient (Wildman–Crippen LogP) is 5.95. The third kappa shape index (κ3) is 6.02. The average Bonchev–Trinajstić information content (AvgIpc) is 3.61. The lowest BCUT2D eigenvalue weighted by Gasteiger charge is -2.43. The quantitative estimate of drug-likeness (QED) is 0.305. The van der Waals surface area contributed by atoms with Crippen LogP contribution in [-0.4, -0.2) is 67.4 Å². The molecule has 3 aliphatic rings. The van der Waals surface area contributed by atoms with Crippen LogP contribution in [0.15, 0.2) is 83.3 Å². The van der Waals surface area contributed by atoms with Crippen LogP contribution in [0.25, 0.3) is 0 Å². The van der Waals surface area contributed by atoms with Gasteiger partial charge in [-0.05, 0) is 67.7 Å². The lowest BCUT2D eigenvalue weighted by Crippen LogP contribution is -2.54. The number of likely N-dealkylation sites (tertiary alicyclic amines) is 2. The minimum atomic E-state index is -0.323. The smallest absolute Gasteiger partial charge is 0.229 e. The van der Waals surface area contributed by atoms with Crippen LogP contribution in [-0.2, 0) is 11.3 Å². The maximum atomic E-state index is 14.4. The van der Waals surface area contributed by atoms with Gasteiger partial charge in [-0.25, -0.2) is 0 Å². The van der Waals surface area contributed by atoms with Crippen LogP contribution in [0.1, 0.15) is 46.7 Å². The van der Waals surface area contributed by atoms with E-state index >= 15 is 0 Å². The second kappa shape index (κ2) is 13.3. The number of halogens is 2. The Morgan fingerprint density at radius 2 is 1.62 bits per heavy atom. The monoisotopic (exact) mass is 651 g/mol. The van der Waals surface area contributed by atoms with Gasteiger partial charge in [0.25, 0.3) is 0 Å². The van der Waals surface area contributed by atoms with Crippen molar-refractivity contribution < 1.29 is 14.3 Å². The van der Waals surface area contributed by atoms with Gasteiger partial charge in [0, 0.05) is 42.5 Å². The summed E-state index contributed by atoms with van der Waals surface area (Å²) in [7, 11) is 1.63. The van der Waals surface area contributed by atoms with Gasteiger partial charge in [-0.3, -0.25) is 14.5 Å². The number of nitrogens with zero attached hydrogens (tertiary/aromatic N) is 2. The number of para-hydroxylation sites is 1. The number of nitrogens with one attached hydrogen (secondary N) is 1. The van der Waals surface area contributed by atoms with Crippen molar-refractivity contribution in [3.63, 3.8) is 0 Å². The summed E-state index contributed by atoms with van der Waals surface area (Å²) in [5, 5.41) is 3.59. The molecule has 8 heteroatoms. The molecular formula is C34H39BrClN3O3. The van der Waals surface area contributed by atoms with Crippen LogP contribution in [0, 0.1) is 11.3 Å². The van der Waals surface area contributed by atoms with Crippen LogP contribution < -0.4 is 10.1 Å². The maximum Gasteiger partial charge on any atom is 0.229 e. The fourth-order valence-electron chi connectivity index (χ4n) is 7.28. The predicted molar refractivity (Wildman–Crippen MR) is 171 cm³/mol. The summed E-state index contributed by atoms with van der Waals surface area (Å²) in [5.74, 6) is 1.37. The van der Waals surface area contributed by atoms with E-state index in [4.69, 9.17) is 4.74 Å². The Hall–Kier alpha value is -2.71. The van der Waals surface area contributed by atoms with Crippen molar-refractivity contribution in [3.8, 4) is 5.75 Å². The minimum absolute atomic E-state index is 0. The molecule has 3 aromatic rings. The molecule has 0 aliphatic carbocycles. The van der Waals surface area contributed by atoms with Gasteiger partial charge < -0.3 is 15.0 Å². The number of benzene rings is 3. The Balaban J connectivity index is 0.00000353. The fraction of sp³-hybridized carbons (Fsp3) is 0.412. The van der Waals surface area contributed by atoms with Crippen molar-refractivity contribution in [1.29, 1.82) is 0 Å². The number of carbonyl (C=O) groups excluding carboxylic acids is 2. The SMILES string of the molecule is COc1ccccc1C(=O)C([C@@H]1CNC[C@@H]1c1ccccc1)N1CCC2(CCN(Cc3ccc(Br)cc3)C2=O)CC1.Cl. The van der Waals surface area contributed by atoms with Crippen molar-refractivity contribution in [3.05, 3.63) is 100 Å². The first-order valence-electron chi connectivity index (χ1n) is 14.7. The summed E-state index contributed by atoms with van der Waals surface area (Å²) in [6.45, 7) is 4.56. The summed E-state index contributed by atoms with van der Waals surface area (Å²) < 4.78 is 6.67. The molecule has 0 aromatic heterocycles. The molecule has 3 fully saturated rings. The first-order valence-corrected chi connectivity index (χ1v) is 15.5. The molecule has 3 aromatic carbocycles.